The number of rotatable bonds is 5. The lowest BCUT2D eigenvalue weighted by Gasteiger charge is -2.50. The molecule has 1 aromatic carbocycles. The Balaban J connectivity index is 1.20. The summed E-state index contributed by atoms with van der Waals surface area (Å²) in [6.07, 6.45) is 9.29. The minimum absolute atomic E-state index is 0.00752. The normalized spacial score (nSPS) is 38.9. The zero-order valence-corrected chi connectivity index (χ0v) is 18.8. The fourth-order valence-electron chi connectivity index (χ4n) is 7.60. The van der Waals surface area contributed by atoms with Crippen molar-refractivity contribution in [3.05, 3.63) is 29.3 Å². The molecular weight excluding hydrogens is 388 g/mol. The molecule has 0 bridgehead atoms. The van der Waals surface area contributed by atoms with Crippen LogP contribution in [0.4, 0.5) is 0 Å². The molecule has 5 rings (SSSR count). The number of aromatic hydroxyl groups is 1. The second-order valence-corrected chi connectivity index (χ2v) is 10.9. The lowest BCUT2D eigenvalue weighted by molar-refractivity contribution is -0.122. The Hall–Kier alpha value is -1.59. The molecule has 170 valence electrons. The molecule has 0 aromatic heterocycles. The van der Waals surface area contributed by atoms with Crippen molar-refractivity contribution in [2.24, 2.45) is 23.2 Å². The van der Waals surface area contributed by atoms with Crippen molar-refractivity contribution in [2.45, 2.75) is 82.8 Å². The van der Waals surface area contributed by atoms with Gasteiger partial charge in [-0.1, -0.05) is 13.0 Å². The number of aliphatic hydroxyl groups excluding tert-OH is 1. The fourth-order valence-corrected chi connectivity index (χ4v) is 7.60. The average molecular weight is 427 g/mol. The number of phenolic OH excluding ortho intramolecular Hbond substituents is 1. The Bertz CT molecular complexity index is 821. The third-order valence-corrected chi connectivity index (χ3v) is 9.25. The van der Waals surface area contributed by atoms with Gasteiger partial charge in [-0.05, 0) is 117 Å². The van der Waals surface area contributed by atoms with Gasteiger partial charge in [0.05, 0.1) is 12.1 Å². The zero-order valence-electron chi connectivity index (χ0n) is 18.8. The molecular formula is C26H38N2O3. The molecule has 7 atom stereocenters. The topological polar surface area (TPSA) is 81.6 Å². The van der Waals surface area contributed by atoms with Gasteiger partial charge >= 0.3 is 0 Å². The summed E-state index contributed by atoms with van der Waals surface area (Å²) >= 11 is 0. The molecule has 3 fully saturated rings. The van der Waals surface area contributed by atoms with Gasteiger partial charge in [0.15, 0.2) is 0 Å². The second kappa shape index (κ2) is 8.40. The molecule has 4 N–H and O–H groups in total. The molecule has 1 aromatic rings. The van der Waals surface area contributed by atoms with Crippen LogP contribution in [-0.4, -0.2) is 41.4 Å². The van der Waals surface area contributed by atoms with Crippen molar-refractivity contribution >= 4 is 5.91 Å². The molecule has 4 aliphatic rings. The van der Waals surface area contributed by atoms with E-state index in [0.717, 1.165) is 57.9 Å². The van der Waals surface area contributed by atoms with E-state index in [1.54, 1.807) is 0 Å². The quantitative estimate of drug-likeness (QED) is 0.544. The Kier molecular flexibility index (Phi) is 5.76. The highest BCUT2D eigenvalue weighted by Crippen LogP contribution is 2.62. The number of aliphatic hydroxyl groups is 1. The van der Waals surface area contributed by atoms with E-state index in [2.05, 4.69) is 23.6 Å². The van der Waals surface area contributed by atoms with Crippen molar-refractivity contribution in [2.75, 3.05) is 13.1 Å². The van der Waals surface area contributed by atoms with Crippen LogP contribution >= 0.6 is 0 Å². The molecule has 0 unspecified atom stereocenters. The van der Waals surface area contributed by atoms with Crippen LogP contribution in [0, 0.1) is 23.2 Å². The maximum atomic E-state index is 12.2. The second-order valence-electron chi connectivity index (χ2n) is 10.9. The fraction of sp³-hybridized carbons (Fsp3) is 0.731. The molecule has 0 spiro atoms. The van der Waals surface area contributed by atoms with E-state index in [-0.39, 0.29) is 23.5 Å². The smallest absolute Gasteiger partial charge is 0.237 e. The highest BCUT2D eigenvalue weighted by Gasteiger charge is 2.57. The first kappa shape index (κ1) is 21.3. The molecule has 1 aliphatic heterocycles. The summed E-state index contributed by atoms with van der Waals surface area (Å²) < 4.78 is 0. The monoisotopic (exact) mass is 426 g/mol. The van der Waals surface area contributed by atoms with Gasteiger partial charge < -0.3 is 20.8 Å². The van der Waals surface area contributed by atoms with Crippen LogP contribution < -0.4 is 10.6 Å². The van der Waals surface area contributed by atoms with E-state index in [9.17, 15) is 15.0 Å². The Labute approximate surface area is 186 Å². The van der Waals surface area contributed by atoms with Crippen LogP contribution in [0.1, 0.15) is 75.3 Å². The predicted molar refractivity (Wildman–Crippen MR) is 121 cm³/mol. The first-order valence-electron chi connectivity index (χ1n) is 12.5. The third kappa shape index (κ3) is 3.78. The van der Waals surface area contributed by atoms with Gasteiger partial charge in [-0.3, -0.25) is 4.79 Å². The number of phenols is 1. The van der Waals surface area contributed by atoms with Crippen molar-refractivity contribution in [1.29, 1.82) is 0 Å². The van der Waals surface area contributed by atoms with Gasteiger partial charge in [0.2, 0.25) is 5.91 Å². The molecule has 1 heterocycles. The number of nitrogens with one attached hydrogen (secondary N) is 2. The van der Waals surface area contributed by atoms with Crippen LogP contribution in [0.25, 0.3) is 0 Å². The van der Waals surface area contributed by atoms with Gasteiger partial charge in [-0.15, -0.1) is 0 Å². The summed E-state index contributed by atoms with van der Waals surface area (Å²) in [4.78, 5) is 12.2. The number of hydrogen-bond acceptors (Lipinski definition) is 4. The lowest BCUT2D eigenvalue weighted by Crippen LogP contribution is -2.44. The molecule has 0 radical (unpaired) electrons. The van der Waals surface area contributed by atoms with E-state index in [4.69, 9.17) is 0 Å². The number of hydrogen-bond donors (Lipinski definition) is 4. The van der Waals surface area contributed by atoms with Crippen LogP contribution in [0.3, 0.4) is 0 Å². The lowest BCUT2D eigenvalue weighted by atomic mass is 9.55. The maximum absolute atomic E-state index is 12.2. The van der Waals surface area contributed by atoms with Crippen LogP contribution in [0.5, 0.6) is 5.75 Å². The van der Waals surface area contributed by atoms with Gasteiger partial charge in [-0.25, -0.2) is 0 Å². The molecule has 1 saturated heterocycles. The van der Waals surface area contributed by atoms with Gasteiger partial charge in [-0.2, -0.15) is 0 Å². The van der Waals surface area contributed by atoms with E-state index >= 15 is 0 Å². The standard InChI is InChI=1S/C26H38N2O3/c1-26-11-10-20-19-9-7-18(29)14-16(19)6-8-21(20)22(26)15-17(24(26)30)4-2-13-28-25(31)23-5-3-12-27-23/h7,9,14,17,20-24,27,29-30H,2-6,8,10-13,15H2,1H3,(H,28,31)/t17-,20+,21+,22-,23-,24-,26-/m0/s1. The number of benzene rings is 1. The largest absolute Gasteiger partial charge is 0.508 e. The van der Waals surface area contributed by atoms with Crippen molar-refractivity contribution in [3.8, 4) is 5.75 Å². The number of carbonyl (C=O) groups excluding carboxylic acids is 1. The zero-order chi connectivity index (χ0) is 21.6. The third-order valence-electron chi connectivity index (χ3n) is 9.25. The van der Waals surface area contributed by atoms with Crippen LogP contribution in [0.2, 0.25) is 0 Å². The van der Waals surface area contributed by atoms with Gasteiger partial charge in [0.1, 0.15) is 5.75 Å². The van der Waals surface area contributed by atoms with E-state index in [0.29, 0.717) is 36.0 Å². The Morgan fingerprint density at radius 3 is 2.97 bits per heavy atom. The highest BCUT2D eigenvalue weighted by atomic mass is 16.3. The molecule has 3 aliphatic carbocycles. The first-order chi connectivity index (χ1) is 15.0. The summed E-state index contributed by atoms with van der Waals surface area (Å²) in [6, 6.07) is 5.94. The minimum atomic E-state index is -0.230. The summed E-state index contributed by atoms with van der Waals surface area (Å²) in [5.41, 5.74) is 2.79. The number of carbonyl (C=O) groups is 1. The van der Waals surface area contributed by atoms with Crippen molar-refractivity contribution < 1.29 is 15.0 Å². The summed E-state index contributed by atoms with van der Waals surface area (Å²) in [7, 11) is 0. The maximum Gasteiger partial charge on any atom is 0.237 e. The van der Waals surface area contributed by atoms with Crippen LogP contribution in [0.15, 0.2) is 18.2 Å². The average Bonchev–Trinajstić information content (AvgIpc) is 3.38. The summed E-state index contributed by atoms with van der Waals surface area (Å²) in [5.74, 6) is 2.65. The van der Waals surface area contributed by atoms with Gasteiger partial charge in [0.25, 0.3) is 0 Å². The SMILES string of the molecule is C[C@]12CC[C@@H]3c4ccc(O)cc4CC[C@H]3[C@@H]1C[C@H](CCCNC(=O)[C@@H]1CCCN1)[C@@H]2O. The van der Waals surface area contributed by atoms with E-state index < -0.39 is 0 Å². The van der Waals surface area contributed by atoms with Crippen molar-refractivity contribution in [1.82, 2.24) is 10.6 Å². The van der Waals surface area contributed by atoms with E-state index in [1.165, 1.54) is 17.5 Å². The summed E-state index contributed by atoms with van der Waals surface area (Å²) in [5, 5.41) is 27.5. The minimum Gasteiger partial charge on any atom is -0.508 e. The first-order valence-corrected chi connectivity index (χ1v) is 12.5. The number of fused-ring (bicyclic) bond motifs is 5. The van der Waals surface area contributed by atoms with Gasteiger partial charge in [0, 0.05) is 6.54 Å². The highest BCUT2D eigenvalue weighted by molar-refractivity contribution is 5.81. The predicted octanol–water partition coefficient (Wildman–Crippen LogP) is 3.48. The van der Waals surface area contributed by atoms with Crippen molar-refractivity contribution in [3.63, 3.8) is 0 Å². The molecule has 31 heavy (non-hydrogen) atoms. The molecule has 2 saturated carbocycles. The number of aryl methyl sites for hydroxylation is 1. The molecule has 5 nitrogen and oxygen atoms in total. The van der Waals surface area contributed by atoms with E-state index in [1.807, 2.05) is 12.1 Å². The summed E-state index contributed by atoms with van der Waals surface area (Å²) in [6.45, 7) is 3.99. The van der Waals surface area contributed by atoms with Crippen LogP contribution in [-0.2, 0) is 11.2 Å². The Morgan fingerprint density at radius 1 is 1.29 bits per heavy atom. The Morgan fingerprint density at radius 2 is 2.16 bits per heavy atom. The molecule has 5 heteroatoms. The molecule has 1 amide bonds. The number of amides is 1.